The summed E-state index contributed by atoms with van der Waals surface area (Å²) < 4.78 is 27.2. The van der Waals surface area contributed by atoms with Gasteiger partial charge in [0.05, 0.1) is 0 Å². The van der Waals surface area contributed by atoms with E-state index in [1.807, 2.05) is 19.0 Å². The molecule has 0 radical (unpaired) electrons. The molecule has 1 amide bonds. The number of carbonyl (C=O) groups excluding carboxylic acids is 1. The lowest BCUT2D eigenvalue weighted by Crippen LogP contribution is -2.37. The van der Waals surface area contributed by atoms with E-state index in [2.05, 4.69) is 15.5 Å². The average molecular weight is 363 g/mol. The molecular weight excluding hydrogens is 340 g/mol. The highest BCUT2D eigenvalue weighted by atomic mass is 19.1. The number of nitrogens with one attached hydrogen (secondary N) is 2. The third kappa shape index (κ3) is 4.08. The van der Waals surface area contributed by atoms with Crippen LogP contribution in [0.4, 0.5) is 8.78 Å². The van der Waals surface area contributed by atoms with E-state index in [9.17, 15) is 13.6 Å². The maximum atomic E-state index is 14.1. The van der Waals surface area contributed by atoms with Gasteiger partial charge in [-0.05, 0) is 20.2 Å². The van der Waals surface area contributed by atoms with Gasteiger partial charge in [0.2, 0.25) is 0 Å². The largest absolute Gasteiger partial charge is 0.332 e. The van der Waals surface area contributed by atoms with Crippen LogP contribution in [0.3, 0.4) is 0 Å². The molecule has 0 atom stereocenters. The Labute approximate surface area is 151 Å². The van der Waals surface area contributed by atoms with E-state index in [4.69, 9.17) is 0 Å². The van der Waals surface area contributed by atoms with Gasteiger partial charge in [-0.25, -0.2) is 8.78 Å². The van der Waals surface area contributed by atoms with Crippen molar-refractivity contribution in [3.8, 4) is 0 Å². The van der Waals surface area contributed by atoms with Crippen molar-refractivity contribution < 1.29 is 13.6 Å². The first-order valence-electron chi connectivity index (χ1n) is 8.60. The Hall–Kier alpha value is -2.32. The second-order valence-electron chi connectivity index (χ2n) is 6.72. The Balaban J connectivity index is 1.85. The first-order chi connectivity index (χ1) is 12.5. The molecular formula is C18H23F2N5O. The van der Waals surface area contributed by atoms with Crippen LogP contribution in [0.2, 0.25) is 0 Å². The van der Waals surface area contributed by atoms with Crippen molar-refractivity contribution >= 4 is 5.91 Å². The molecule has 3 rings (SSSR count). The Morgan fingerprint density at radius 1 is 1.27 bits per heavy atom. The van der Waals surface area contributed by atoms with E-state index in [0.717, 1.165) is 30.3 Å². The summed E-state index contributed by atoms with van der Waals surface area (Å²) in [6.45, 7) is 2.53. The fourth-order valence-corrected chi connectivity index (χ4v) is 2.98. The molecule has 26 heavy (non-hydrogen) atoms. The van der Waals surface area contributed by atoms with Crippen molar-refractivity contribution in [2.24, 2.45) is 0 Å². The minimum absolute atomic E-state index is 0.0633. The average Bonchev–Trinajstić information content (AvgIpc) is 3.03. The fourth-order valence-electron chi connectivity index (χ4n) is 2.98. The first-order valence-corrected chi connectivity index (χ1v) is 8.60. The van der Waals surface area contributed by atoms with Crippen molar-refractivity contribution in [1.29, 1.82) is 0 Å². The third-order valence-electron chi connectivity index (χ3n) is 4.49. The number of H-pyrrole nitrogens is 1. The van der Waals surface area contributed by atoms with Gasteiger partial charge in [0.1, 0.15) is 11.6 Å². The number of carbonyl (C=O) groups is 1. The molecule has 8 heteroatoms. The number of amides is 1. The van der Waals surface area contributed by atoms with Gasteiger partial charge in [0, 0.05) is 62.0 Å². The van der Waals surface area contributed by atoms with Crippen LogP contribution in [0.1, 0.15) is 27.3 Å². The Bertz CT molecular complexity index is 790. The maximum absolute atomic E-state index is 14.1. The van der Waals surface area contributed by atoms with Crippen LogP contribution >= 0.6 is 0 Å². The molecule has 1 aliphatic heterocycles. The molecule has 1 aromatic heterocycles. The lowest BCUT2D eigenvalue weighted by molar-refractivity contribution is 0.0723. The van der Waals surface area contributed by atoms with Crippen LogP contribution in [0.25, 0.3) is 0 Å². The zero-order valence-electron chi connectivity index (χ0n) is 15.0. The minimum Gasteiger partial charge on any atom is -0.332 e. The summed E-state index contributed by atoms with van der Waals surface area (Å²) in [6.07, 6.45) is 0.792. The summed E-state index contributed by atoms with van der Waals surface area (Å²) in [4.78, 5) is 16.6. The number of aromatic nitrogens is 2. The van der Waals surface area contributed by atoms with E-state index in [1.54, 1.807) is 4.90 Å². The molecule has 2 N–H and O–H groups in total. The first kappa shape index (κ1) is 18.5. The van der Waals surface area contributed by atoms with Crippen LogP contribution in [-0.4, -0.2) is 59.6 Å². The molecule has 0 spiro atoms. The molecule has 0 aliphatic carbocycles. The third-order valence-corrected chi connectivity index (χ3v) is 4.49. The van der Waals surface area contributed by atoms with Crippen LogP contribution < -0.4 is 5.32 Å². The van der Waals surface area contributed by atoms with Crippen molar-refractivity contribution in [1.82, 2.24) is 25.3 Å². The molecule has 0 bridgehead atoms. The maximum Gasteiger partial charge on any atom is 0.275 e. The van der Waals surface area contributed by atoms with E-state index < -0.39 is 11.6 Å². The Morgan fingerprint density at radius 2 is 2.08 bits per heavy atom. The summed E-state index contributed by atoms with van der Waals surface area (Å²) in [5, 5.41) is 10.4. The number of halogens is 2. The lowest BCUT2D eigenvalue weighted by atomic mass is 10.1. The monoisotopic (exact) mass is 363 g/mol. The topological polar surface area (TPSA) is 64.3 Å². The van der Waals surface area contributed by atoms with Crippen LogP contribution in [0.5, 0.6) is 0 Å². The van der Waals surface area contributed by atoms with Crippen LogP contribution in [0, 0.1) is 11.6 Å². The number of aromatic amines is 1. The van der Waals surface area contributed by atoms with E-state index in [-0.39, 0.29) is 18.0 Å². The van der Waals surface area contributed by atoms with Gasteiger partial charge in [-0.2, -0.15) is 5.10 Å². The van der Waals surface area contributed by atoms with Crippen molar-refractivity contribution in [2.45, 2.75) is 19.5 Å². The summed E-state index contributed by atoms with van der Waals surface area (Å²) >= 11 is 0. The summed E-state index contributed by atoms with van der Waals surface area (Å²) in [7, 11) is 3.81. The number of nitrogens with zero attached hydrogens (tertiary/aromatic N) is 3. The van der Waals surface area contributed by atoms with Gasteiger partial charge in [0.15, 0.2) is 5.69 Å². The minimum atomic E-state index is -0.654. The summed E-state index contributed by atoms with van der Waals surface area (Å²) in [5.74, 6) is -1.54. The Kier molecular flexibility index (Phi) is 5.63. The number of benzene rings is 1. The number of hydrogen-bond donors (Lipinski definition) is 2. The second kappa shape index (κ2) is 7.92. The zero-order chi connectivity index (χ0) is 18.7. The van der Waals surface area contributed by atoms with Gasteiger partial charge in [-0.15, -0.1) is 0 Å². The number of rotatable bonds is 6. The second-order valence-corrected chi connectivity index (χ2v) is 6.72. The molecule has 6 nitrogen and oxygen atoms in total. The quantitative estimate of drug-likeness (QED) is 0.817. The van der Waals surface area contributed by atoms with Gasteiger partial charge in [0.25, 0.3) is 5.91 Å². The zero-order valence-corrected chi connectivity index (χ0v) is 15.0. The molecule has 140 valence electrons. The van der Waals surface area contributed by atoms with E-state index in [0.29, 0.717) is 25.3 Å². The van der Waals surface area contributed by atoms with E-state index >= 15 is 0 Å². The predicted octanol–water partition coefficient (Wildman–Crippen LogP) is 1.54. The predicted molar refractivity (Wildman–Crippen MR) is 93.7 cm³/mol. The molecule has 2 heterocycles. The van der Waals surface area contributed by atoms with E-state index in [1.165, 1.54) is 12.1 Å². The molecule has 1 aliphatic rings. The van der Waals surface area contributed by atoms with Gasteiger partial charge in [-0.3, -0.25) is 9.89 Å². The van der Waals surface area contributed by atoms with Crippen molar-refractivity contribution in [3.05, 3.63) is 52.3 Å². The summed E-state index contributed by atoms with van der Waals surface area (Å²) in [6, 6.07) is 3.42. The fraction of sp³-hybridized carbons (Fsp3) is 0.444. The smallest absolute Gasteiger partial charge is 0.275 e. The normalized spacial score (nSPS) is 13.7. The highest BCUT2D eigenvalue weighted by Gasteiger charge is 2.26. The summed E-state index contributed by atoms with van der Waals surface area (Å²) in [5.41, 5.74) is 2.48. The molecule has 0 fully saturated rings. The highest BCUT2D eigenvalue weighted by Crippen LogP contribution is 2.19. The molecule has 2 aromatic rings. The number of hydrogen-bond acceptors (Lipinski definition) is 4. The number of fused-ring (bicyclic) bond motifs is 1. The SMILES string of the molecule is CN(C)CCN(Cc1ccc(F)cc1F)C(=O)c1n[nH]c2c1CNCC2. The molecule has 1 aromatic carbocycles. The molecule has 0 saturated heterocycles. The highest BCUT2D eigenvalue weighted by molar-refractivity contribution is 5.94. The number of likely N-dealkylation sites (N-methyl/N-ethyl adjacent to an activating group) is 1. The van der Waals surface area contributed by atoms with Crippen molar-refractivity contribution in [3.63, 3.8) is 0 Å². The standard InChI is InChI=1S/C18H23F2N5O/c1-24(2)7-8-25(11-12-3-4-13(19)9-15(12)20)18(26)17-14-10-21-6-5-16(14)22-23-17/h3-4,9,21H,5-8,10-11H2,1-2H3,(H,22,23). The molecule has 0 unspecified atom stereocenters. The van der Waals surface area contributed by atoms with Gasteiger partial charge >= 0.3 is 0 Å². The lowest BCUT2D eigenvalue weighted by Gasteiger charge is -2.25. The van der Waals surface area contributed by atoms with Gasteiger partial charge < -0.3 is 15.1 Å². The van der Waals surface area contributed by atoms with Crippen LogP contribution in [0.15, 0.2) is 18.2 Å². The van der Waals surface area contributed by atoms with Gasteiger partial charge in [-0.1, -0.05) is 6.07 Å². The Morgan fingerprint density at radius 3 is 2.81 bits per heavy atom. The van der Waals surface area contributed by atoms with Crippen LogP contribution in [-0.2, 0) is 19.5 Å². The molecule has 0 saturated carbocycles. The van der Waals surface area contributed by atoms with Crippen molar-refractivity contribution in [2.75, 3.05) is 33.7 Å².